The molecular formula is C12H17N3O3. The minimum absolute atomic E-state index is 0.293. The third-order valence-corrected chi connectivity index (χ3v) is 2.52. The van der Waals surface area contributed by atoms with E-state index in [0.29, 0.717) is 13.1 Å². The van der Waals surface area contributed by atoms with Gasteiger partial charge in [0, 0.05) is 12.7 Å². The highest BCUT2D eigenvalue weighted by atomic mass is 16.4. The summed E-state index contributed by atoms with van der Waals surface area (Å²) < 4.78 is 0. The SMILES string of the molecule is CCN(CC(=O)O)C(=O)NCc1ncccc1C. The molecule has 2 N–H and O–H groups in total. The summed E-state index contributed by atoms with van der Waals surface area (Å²) in [6.07, 6.45) is 1.66. The number of carboxylic acid groups (broad SMARTS) is 1. The second-order valence-electron chi connectivity index (χ2n) is 3.83. The second kappa shape index (κ2) is 6.58. The number of carbonyl (C=O) groups excluding carboxylic acids is 1. The molecule has 0 bridgehead atoms. The third kappa shape index (κ3) is 4.04. The number of pyridine rings is 1. The highest BCUT2D eigenvalue weighted by molar-refractivity contribution is 5.79. The Morgan fingerprint density at radius 2 is 2.22 bits per heavy atom. The monoisotopic (exact) mass is 251 g/mol. The van der Waals surface area contributed by atoms with Gasteiger partial charge in [-0.3, -0.25) is 9.78 Å². The van der Waals surface area contributed by atoms with Gasteiger partial charge in [0.2, 0.25) is 0 Å². The molecule has 0 atom stereocenters. The van der Waals surface area contributed by atoms with Crippen LogP contribution in [0.1, 0.15) is 18.2 Å². The van der Waals surface area contributed by atoms with Crippen LogP contribution in [-0.2, 0) is 11.3 Å². The van der Waals surface area contributed by atoms with Crippen molar-refractivity contribution in [2.24, 2.45) is 0 Å². The molecule has 0 saturated heterocycles. The minimum atomic E-state index is -1.03. The molecule has 2 amide bonds. The zero-order valence-electron chi connectivity index (χ0n) is 10.5. The Balaban J connectivity index is 2.54. The van der Waals surface area contributed by atoms with Crippen LogP contribution < -0.4 is 5.32 Å². The average Bonchev–Trinajstić information content (AvgIpc) is 2.34. The number of hydrogen-bond donors (Lipinski definition) is 2. The molecule has 1 rings (SSSR count). The van der Waals surface area contributed by atoms with Crippen LogP contribution in [0.25, 0.3) is 0 Å². The van der Waals surface area contributed by atoms with E-state index >= 15 is 0 Å². The molecule has 0 spiro atoms. The largest absolute Gasteiger partial charge is 0.480 e. The van der Waals surface area contributed by atoms with Crippen LogP contribution in [0.3, 0.4) is 0 Å². The lowest BCUT2D eigenvalue weighted by molar-refractivity contribution is -0.137. The average molecular weight is 251 g/mol. The summed E-state index contributed by atoms with van der Waals surface area (Å²) in [7, 11) is 0. The topological polar surface area (TPSA) is 82.5 Å². The molecule has 0 aliphatic heterocycles. The molecule has 0 saturated carbocycles. The number of likely N-dealkylation sites (N-methyl/N-ethyl adjacent to an activating group) is 1. The molecule has 98 valence electrons. The molecule has 6 heteroatoms. The maximum Gasteiger partial charge on any atom is 0.323 e. The molecule has 0 aromatic carbocycles. The van der Waals surface area contributed by atoms with Crippen molar-refractivity contribution >= 4 is 12.0 Å². The predicted molar refractivity (Wildman–Crippen MR) is 66.1 cm³/mol. The lowest BCUT2D eigenvalue weighted by Crippen LogP contribution is -2.42. The molecule has 6 nitrogen and oxygen atoms in total. The summed E-state index contributed by atoms with van der Waals surface area (Å²) in [5.74, 6) is -1.03. The predicted octanol–water partition coefficient (Wildman–Crippen LogP) is 1.01. The van der Waals surface area contributed by atoms with Crippen LogP contribution in [0.4, 0.5) is 4.79 Å². The summed E-state index contributed by atoms with van der Waals surface area (Å²) in [5.41, 5.74) is 1.76. The minimum Gasteiger partial charge on any atom is -0.480 e. The maximum atomic E-state index is 11.7. The van der Waals surface area contributed by atoms with Crippen molar-refractivity contribution in [1.82, 2.24) is 15.2 Å². The Morgan fingerprint density at radius 3 is 2.78 bits per heavy atom. The Hall–Kier alpha value is -2.11. The lowest BCUT2D eigenvalue weighted by Gasteiger charge is -2.19. The van der Waals surface area contributed by atoms with Gasteiger partial charge in [-0.15, -0.1) is 0 Å². The number of urea groups is 1. The highest BCUT2D eigenvalue weighted by Gasteiger charge is 2.14. The molecule has 1 heterocycles. The molecule has 0 aliphatic carbocycles. The number of carboxylic acids is 1. The van der Waals surface area contributed by atoms with Crippen LogP contribution >= 0.6 is 0 Å². The summed E-state index contributed by atoms with van der Waals surface area (Å²) in [4.78, 5) is 27.7. The number of carbonyl (C=O) groups is 2. The van der Waals surface area contributed by atoms with E-state index in [2.05, 4.69) is 10.3 Å². The van der Waals surface area contributed by atoms with Gasteiger partial charge >= 0.3 is 12.0 Å². The van der Waals surface area contributed by atoms with Crippen LogP contribution in [0.2, 0.25) is 0 Å². The van der Waals surface area contributed by atoms with E-state index in [1.165, 1.54) is 4.90 Å². The highest BCUT2D eigenvalue weighted by Crippen LogP contribution is 2.02. The van der Waals surface area contributed by atoms with E-state index in [4.69, 9.17) is 5.11 Å². The van der Waals surface area contributed by atoms with Gasteiger partial charge in [-0.2, -0.15) is 0 Å². The zero-order chi connectivity index (χ0) is 13.5. The third-order valence-electron chi connectivity index (χ3n) is 2.52. The van der Waals surface area contributed by atoms with E-state index in [1.807, 2.05) is 19.1 Å². The van der Waals surface area contributed by atoms with Gasteiger partial charge in [0.1, 0.15) is 6.54 Å². The van der Waals surface area contributed by atoms with Gasteiger partial charge in [-0.25, -0.2) is 4.79 Å². The van der Waals surface area contributed by atoms with Crippen molar-refractivity contribution in [3.8, 4) is 0 Å². The Morgan fingerprint density at radius 1 is 1.50 bits per heavy atom. The summed E-state index contributed by atoms with van der Waals surface area (Å²) in [6, 6.07) is 3.33. The van der Waals surface area contributed by atoms with E-state index < -0.39 is 12.0 Å². The summed E-state index contributed by atoms with van der Waals surface area (Å²) in [5, 5.41) is 11.3. The Labute approximate surface area is 106 Å². The van der Waals surface area contributed by atoms with Crippen molar-refractivity contribution < 1.29 is 14.7 Å². The van der Waals surface area contributed by atoms with Crippen LogP contribution in [0.15, 0.2) is 18.3 Å². The molecule has 0 aliphatic rings. The quantitative estimate of drug-likeness (QED) is 0.818. The fourth-order valence-electron chi connectivity index (χ4n) is 1.47. The fourth-order valence-corrected chi connectivity index (χ4v) is 1.47. The van der Waals surface area contributed by atoms with Gasteiger partial charge in [0.25, 0.3) is 0 Å². The normalized spacial score (nSPS) is 9.89. The van der Waals surface area contributed by atoms with Gasteiger partial charge < -0.3 is 15.3 Å². The first-order valence-electron chi connectivity index (χ1n) is 5.69. The van der Waals surface area contributed by atoms with Crippen molar-refractivity contribution in [1.29, 1.82) is 0 Å². The zero-order valence-corrected chi connectivity index (χ0v) is 10.5. The number of aryl methyl sites for hydroxylation is 1. The van der Waals surface area contributed by atoms with Crippen molar-refractivity contribution in [3.63, 3.8) is 0 Å². The first-order chi connectivity index (χ1) is 8.54. The first-order valence-corrected chi connectivity index (χ1v) is 5.69. The van der Waals surface area contributed by atoms with Crippen LogP contribution in [-0.4, -0.2) is 40.1 Å². The molecule has 18 heavy (non-hydrogen) atoms. The number of aliphatic carboxylic acids is 1. The van der Waals surface area contributed by atoms with E-state index in [9.17, 15) is 9.59 Å². The second-order valence-corrected chi connectivity index (χ2v) is 3.83. The molecule has 0 radical (unpaired) electrons. The van der Waals surface area contributed by atoms with Crippen LogP contribution in [0, 0.1) is 6.92 Å². The molecule has 1 aromatic rings. The maximum absolute atomic E-state index is 11.7. The molecule has 1 aromatic heterocycles. The van der Waals surface area contributed by atoms with E-state index in [0.717, 1.165) is 11.3 Å². The molecule has 0 unspecified atom stereocenters. The van der Waals surface area contributed by atoms with E-state index in [1.54, 1.807) is 13.1 Å². The van der Waals surface area contributed by atoms with E-state index in [-0.39, 0.29) is 6.54 Å². The van der Waals surface area contributed by atoms with Gasteiger partial charge in [0.05, 0.1) is 12.2 Å². The number of nitrogens with zero attached hydrogens (tertiary/aromatic N) is 2. The van der Waals surface area contributed by atoms with Crippen molar-refractivity contribution in [2.45, 2.75) is 20.4 Å². The number of nitrogens with one attached hydrogen (secondary N) is 1. The number of rotatable bonds is 5. The smallest absolute Gasteiger partial charge is 0.323 e. The van der Waals surface area contributed by atoms with Crippen molar-refractivity contribution in [3.05, 3.63) is 29.6 Å². The van der Waals surface area contributed by atoms with Gasteiger partial charge in [-0.1, -0.05) is 6.07 Å². The van der Waals surface area contributed by atoms with Gasteiger partial charge in [0.15, 0.2) is 0 Å². The van der Waals surface area contributed by atoms with Gasteiger partial charge in [-0.05, 0) is 25.5 Å². The standard InChI is InChI=1S/C12H17N3O3/c1-3-15(8-11(16)17)12(18)14-7-10-9(2)5-4-6-13-10/h4-6H,3,7-8H2,1-2H3,(H,14,18)(H,16,17). The number of aromatic nitrogens is 1. The molecular weight excluding hydrogens is 234 g/mol. The Kier molecular flexibility index (Phi) is 5.10. The Bertz CT molecular complexity index is 434. The summed E-state index contributed by atoms with van der Waals surface area (Å²) in [6.45, 7) is 3.97. The summed E-state index contributed by atoms with van der Waals surface area (Å²) >= 11 is 0. The fraction of sp³-hybridized carbons (Fsp3) is 0.417. The van der Waals surface area contributed by atoms with Crippen LogP contribution in [0.5, 0.6) is 0 Å². The van der Waals surface area contributed by atoms with Crippen molar-refractivity contribution in [2.75, 3.05) is 13.1 Å². The first kappa shape index (κ1) is 14.0. The molecule has 0 fully saturated rings. The number of hydrogen-bond acceptors (Lipinski definition) is 3. The lowest BCUT2D eigenvalue weighted by atomic mass is 10.2. The number of amides is 2.